The number of rotatable bonds is 11. The van der Waals surface area contributed by atoms with Gasteiger partial charge in [0.2, 0.25) is 11.8 Å². The number of nitrogens with one attached hydrogen (secondary N) is 1. The molecular weight excluding hydrogens is 496 g/mol. The first-order chi connectivity index (χ1) is 17.8. The molecule has 37 heavy (non-hydrogen) atoms. The highest BCUT2D eigenvalue weighted by Gasteiger charge is 2.16. The van der Waals surface area contributed by atoms with Crippen LogP contribution in [0.1, 0.15) is 16.7 Å². The lowest BCUT2D eigenvalue weighted by Gasteiger charge is -2.12. The number of anilines is 1. The van der Waals surface area contributed by atoms with Crippen LogP contribution in [-0.2, 0) is 20.4 Å². The van der Waals surface area contributed by atoms with Crippen molar-refractivity contribution in [3.05, 3.63) is 82.9 Å². The average Bonchev–Trinajstić information content (AvgIpc) is 2.90. The molecule has 1 amide bonds. The van der Waals surface area contributed by atoms with E-state index in [1.165, 1.54) is 52.9 Å². The van der Waals surface area contributed by atoms with Crippen LogP contribution in [0.15, 0.2) is 66.2 Å². The highest BCUT2D eigenvalue weighted by Crippen LogP contribution is 2.35. The van der Waals surface area contributed by atoms with E-state index in [2.05, 4.69) is 10.3 Å². The molecule has 3 rings (SSSR count). The molecule has 194 valence electrons. The van der Waals surface area contributed by atoms with E-state index in [9.17, 15) is 13.2 Å². The monoisotopic (exact) mass is 524 g/mol. The van der Waals surface area contributed by atoms with Crippen molar-refractivity contribution in [2.24, 2.45) is 0 Å². The zero-order valence-electron chi connectivity index (χ0n) is 20.9. The Bertz CT molecular complexity index is 1380. The van der Waals surface area contributed by atoms with Crippen LogP contribution >= 0.6 is 0 Å². The number of aromatic nitrogens is 1. The number of nitrogens with zero attached hydrogens (tertiary/aromatic N) is 1. The van der Waals surface area contributed by atoms with Crippen LogP contribution < -0.4 is 24.3 Å². The maximum Gasteiger partial charge on any atom is 0.248 e. The Labute approximate surface area is 216 Å². The predicted octanol–water partition coefficient (Wildman–Crippen LogP) is 4.35. The van der Waals surface area contributed by atoms with Crippen molar-refractivity contribution in [1.29, 1.82) is 0 Å². The Kier molecular flexibility index (Phi) is 9.28. The first-order valence-electron chi connectivity index (χ1n) is 11.1. The van der Waals surface area contributed by atoms with Gasteiger partial charge in [0.1, 0.15) is 22.9 Å². The zero-order chi connectivity index (χ0) is 26.8. The zero-order valence-corrected chi connectivity index (χ0v) is 21.7. The Balaban J connectivity index is 1.80. The molecular formula is C27H28N2O7S. The third-order valence-electron chi connectivity index (χ3n) is 5.15. The molecule has 0 aliphatic heterocycles. The molecule has 3 aromatic rings. The summed E-state index contributed by atoms with van der Waals surface area (Å²) in [7, 11) is 2.11. The molecule has 0 radical (unpaired) electrons. The van der Waals surface area contributed by atoms with Crippen LogP contribution in [0.2, 0.25) is 0 Å². The number of pyridine rings is 1. The first kappa shape index (κ1) is 27.3. The Morgan fingerprint density at radius 2 is 1.59 bits per heavy atom. The number of hydrogen-bond donors (Lipinski definition) is 1. The van der Waals surface area contributed by atoms with Gasteiger partial charge in [-0.25, -0.2) is 13.4 Å². The first-order valence-corrected chi connectivity index (χ1v) is 12.8. The van der Waals surface area contributed by atoms with E-state index in [1.807, 2.05) is 30.3 Å². The minimum Gasteiger partial charge on any atom is -0.496 e. The summed E-state index contributed by atoms with van der Waals surface area (Å²) in [6.07, 6.45) is 5.82. The summed E-state index contributed by atoms with van der Waals surface area (Å²) in [4.78, 5) is 16.6. The molecule has 0 saturated heterocycles. The molecule has 1 N–H and O–H groups in total. The molecule has 0 saturated carbocycles. The molecule has 1 aromatic heterocycles. The highest BCUT2D eigenvalue weighted by atomic mass is 32.2. The minimum absolute atomic E-state index is 0.158. The summed E-state index contributed by atoms with van der Waals surface area (Å²) in [5.41, 5.74) is 1.92. The lowest BCUT2D eigenvalue weighted by molar-refractivity contribution is -0.111. The van der Waals surface area contributed by atoms with E-state index in [0.29, 0.717) is 28.4 Å². The van der Waals surface area contributed by atoms with Crippen LogP contribution in [0.4, 0.5) is 5.69 Å². The third-order valence-corrected chi connectivity index (χ3v) is 6.44. The molecule has 0 aliphatic rings. The summed E-state index contributed by atoms with van der Waals surface area (Å²) in [5, 5.41) is 3.76. The van der Waals surface area contributed by atoms with Gasteiger partial charge in [-0.3, -0.25) is 4.79 Å². The quantitative estimate of drug-likeness (QED) is 0.368. The van der Waals surface area contributed by atoms with E-state index < -0.39 is 15.7 Å². The van der Waals surface area contributed by atoms with Gasteiger partial charge in [-0.05, 0) is 29.3 Å². The SMILES string of the molecule is COc1cc(OC)c(C=CS(=O)(=O)Cc2cnc(OC)c(NC(=O)C=Cc3ccccc3)c2)c(OC)c1. The summed E-state index contributed by atoms with van der Waals surface area (Å²) in [6, 6.07) is 14.1. The number of methoxy groups -OCH3 is 4. The van der Waals surface area contributed by atoms with Gasteiger partial charge in [0.05, 0.1) is 39.8 Å². The third kappa shape index (κ3) is 7.58. The number of benzene rings is 2. The molecule has 0 unspecified atom stereocenters. The Morgan fingerprint density at radius 1 is 0.919 bits per heavy atom. The van der Waals surface area contributed by atoms with Gasteiger partial charge >= 0.3 is 0 Å². The standard InChI is InChI=1S/C27H28N2O7S/c1-33-21-15-24(34-2)22(25(16-21)35-3)12-13-37(31,32)18-20-14-23(27(36-4)28-17-20)29-26(30)11-10-19-8-6-5-7-9-19/h5-17H,18H2,1-4H3,(H,29,30). The smallest absolute Gasteiger partial charge is 0.248 e. The maximum atomic E-state index is 12.9. The number of sulfone groups is 1. The molecule has 0 fully saturated rings. The van der Waals surface area contributed by atoms with E-state index >= 15 is 0 Å². The number of amides is 1. The van der Waals surface area contributed by atoms with Crippen LogP contribution in [0, 0.1) is 0 Å². The number of hydrogen-bond acceptors (Lipinski definition) is 8. The second-order valence-corrected chi connectivity index (χ2v) is 9.58. The predicted molar refractivity (Wildman–Crippen MR) is 143 cm³/mol. The fourth-order valence-electron chi connectivity index (χ4n) is 3.39. The van der Waals surface area contributed by atoms with Gasteiger partial charge < -0.3 is 24.3 Å². The van der Waals surface area contributed by atoms with E-state index in [-0.39, 0.29) is 17.3 Å². The van der Waals surface area contributed by atoms with Gasteiger partial charge in [0.15, 0.2) is 9.84 Å². The van der Waals surface area contributed by atoms with Gasteiger partial charge in [0, 0.05) is 29.8 Å². The van der Waals surface area contributed by atoms with E-state index in [4.69, 9.17) is 18.9 Å². The second-order valence-electron chi connectivity index (χ2n) is 7.69. The number of ether oxygens (including phenoxy) is 4. The van der Waals surface area contributed by atoms with Crippen molar-refractivity contribution in [2.45, 2.75) is 5.75 Å². The number of carbonyl (C=O) groups is 1. The molecule has 0 atom stereocenters. The van der Waals surface area contributed by atoms with Crippen molar-refractivity contribution < 1.29 is 32.2 Å². The minimum atomic E-state index is -3.74. The van der Waals surface area contributed by atoms with Gasteiger partial charge in [-0.15, -0.1) is 0 Å². The summed E-state index contributed by atoms with van der Waals surface area (Å²) in [5.74, 6) is 0.675. The lowest BCUT2D eigenvalue weighted by Crippen LogP contribution is -2.11. The molecule has 0 spiro atoms. The van der Waals surface area contributed by atoms with E-state index in [1.54, 1.807) is 18.2 Å². The van der Waals surface area contributed by atoms with Crippen molar-refractivity contribution in [3.8, 4) is 23.1 Å². The summed E-state index contributed by atoms with van der Waals surface area (Å²) < 4.78 is 47.0. The van der Waals surface area contributed by atoms with Crippen LogP contribution in [0.5, 0.6) is 23.1 Å². The molecule has 2 aromatic carbocycles. The maximum absolute atomic E-state index is 12.9. The lowest BCUT2D eigenvalue weighted by atomic mass is 10.1. The van der Waals surface area contributed by atoms with Crippen molar-refractivity contribution in [1.82, 2.24) is 4.98 Å². The molecule has 0 bridgehead atoms. The van der Waals surface area contributed by atoms with E-state index in [0.717, 1.165) is 11.0 Å². The van der Waals surface area contributed by atoms with Crippen LogP contribution in [0.25, 0.3) is 12.2 Å². The topological polar surface area (TPSA) is 113 Å². The fraction of sp³-hybridized carbons (Fsp3) is 0.185. The molecule has 0 aliphatic carbocycles. The largest absolute Gasteiger partial charge is 0.496 e. The molecule has 9 nitrogen and oxygen atoms in total. The van der Waals surface area contributed by atoms with Crippen molar-refractivity contribution in [2.75, 3.05) is 33.8 Å². The average molecular weight is 525 g/mol. The van der Waals surface area contributed by atoms with Gasteiger partial charge in [-0.2, -0.15) is 0 Å². The Hall–Kier alpha value is -4.31. The molecule has 1 heterocycles. The summed E-state index contributed by atoms with van der Waals surface area (Å²) >= 11 is 0. The van der Waals surface area contributed by atoms with Crippen LogP contribution in [0.3, 0.4) is 0 Å². The molecule has 10 heteroatoms. The normalized spacial score (nSPS) is 11.5. The number of carbonyl (C=O) groups excluding carboxylic acids is 1. The Morgan fingerprint density at radius 3 is 2.19 bits per heavy atom. The second kappa shape index (κ2) is 12.6. The van der Waals surface area contributed by atoms with Crippen molar-refractivity contribution >= 4 is 33.6 Å². The fourth-order valence-corrected chi connectivity index (χ4v) is 4.45. The van der Waals surface area contributed by atoms with Crippen molar-refractivity contribution in [3.63, 3.8) is 0 Å². The van der Waals surface area contributed by atoms with Gasteiger partial charge in [-0.1, -0.05) is 30.3 Å². The summed E-state index contributed by atoms with van der Waals surface area (Å²) in [6.45, 7) is 0. The van der Waals surface area contributed by atoms with Gasteiger partial charge in [0.25, 0.3) is 0 Å². The van der Waals surface area contributed by atoms with Crippen LogP contribution in [-0.4, -0.2) is 47.7 Å². The highest BCUT2D eigenvalue weighted by molar-refractivity contribution is 7.93.